The molecule has 2 aromatic rings. The number of hydrazine groups is 1. The molecule has 0 radical (unpaired) electrons. The Morgan fingerprint density at radius 3 is 2.60 bits per heavy atom. The highest BCUT2D eigenvalue weighted by Gasteiger charge is 2.41. The molecule has 7 nitrogen and oxygen atoms in total. The highest BCUT2D eigenvalue weighted by Crippen LogP contribution is 2.31. The number of alkyl halides is 3. The molecule has 1 saturated heterocycles. The molecule has 0 saturated carbocycles. The number of anilines is 2. The van der Waals surface area contributed by atoms with Crippen molar-refractivity contribution < 1.29 is 31.5 Å². The number of aryl methyl sites for hydroxylation is 1. The van der Waals surface area contributed by atoms with E-state index in [1.165, 1.54) is 6.92 Å². The number of benzene rings is 1. The molecule has 2 heterocycles. The Morgan fingerprint density at radius 1 is 1.30 bits per heavy atom. The second-order valence-corrected chi connectivity index (χ2v) is 6.79. The molecule has 1 aromatic heterocycles. The van der Waals surface area contributed by atoms with Crippen LogP contribution in [0.15, 0.2) is 18.2 Å². The lowest BCUT2D eigenvalue weighted by Crippen LogP contribution is -2.49. The Bertz CT molecular complexity index is 1030. The molecule has 0 spiro atoms. The van der Waals surface area contributed by atoms with Crippen molar-refractivity contribution in [2.45, 2.75) is 25.6 Å². The zero-order valence-corrected chi connectivity index (χ0v) is 16.1. The van der Waals surface area contributed by atoms with Gasteiger partial charge in [0.05, 0.1) is 12.1 Å². The number of likely N-dealkylation sites (N-methyl/N-ethyl adjacent to an activating group) is 1. The predicted molar refractivity (Wildman–Crippen MR) is 95.6 cm³/mol. The van der Waals surface area contributed by atoms with E-state index in [9.17, 15) is 31.5 Å². The summed E-state index contributed by atoms with van der Waals surface area (Å²) in [5.41, 5.74) is 0.527. The Kier molecular flexibility index (Phi) is 5.54. The van der Waals surface area contributed by atoms with Gasteiger partial charge < -0.3 is 4.90 Å². The first-order chi connectivity index (χ1) is 13.9. The molecule has 0 bridgehead atoms. The van der Waals surface area contributed by atoms with Crippen molar-refractivity contribution in [1.29, 1.82) is 0 Å². The minimum absolute atomic E-state index is 0.0515. The van der Waals surface area contributed by atoms with Crippen molar-refractivity contribution >= 4 is 35.1 Å². The molecule has 1 aliphatic heterocycles. The maximum atomic E-state index is 14.3. The Morgan fingerprint density at radius 2 is 1.97 bits per heavy atom. The lowest BCUT2D eigenvalue weighted by atomic mass is 10.1. The van der Waals surface area contributed by atoms with Crippen LogP contribution >= 0.6 is 11.6 Å². The maximum absolute atomic E-state index is 14.3. The molecule has 0 aliphatic carbocycles. The summed E-state index contributed by atoms with van der Waals surface area (Å²) in [6.07, 6.45) is -5.23. The number of halogens is 6. The van der Waals surface area contributed by atoms with E-state index in [0.717, 1.165) is 29.1 Å². The van der Waals surface area contributed by atoms with Gasteiger partial charge in [-0.15, -0.1) is 0 Å². The number of carbonyl (C=O) groups is 2. The summed E-state index contributed by atoms with van der Waals surface area (Å²) in [5, 5.41) is -0.0478. The standard InChI is InChI=1S/C17H13ClF5N5O2/c1-7-5-11(17(21,22)23)25-16(24-7)28-10(6-12(29)26-28)15(30)27(2)9-4-3-8(19)13(18)14(9)20/h3-5,10H,6H2,1-2H3,(H,26,29). The van der Waals surface area contributed by atoms with Crippen molar-refractivity contribution in [3.63, 3.8) is 0 Å². The lowest BCUT2D eigenvalue weighted by molar-refractivity contribution is -0.141. The Balaban J connectivity index is 1.97. The first-order valence-corrected chi connectivity index (χ1v) is 8.70. The van der Waals surface area contributed by atoms with Crippen LogP contribution in [-0.4, -0.2) is 34.9 Å². The third-order valence-electron chi connectivity index (χ3n) is 4.28. The summed E-state index contributed by atoms with van der Waals surface area (Å²) in [7, 11) is 1.15. The van der Waals surface area contributed by atoms with Gasteiger partial charge in [0.1, 0.15) is 22.6 Å². The molecule has 1 fully saturated rings. The van der Waals surface area contributed by atoms with Crippen LogP contribution in [0.2, 0.25) is 5.02 Å². The van der Waals surface area contributed by atoms with Crippen LogP contribution in [0, 0.1) is 18.6 Å². The second-order valence-electron chi connectivity index (χ2n) is 6.41. The normalized spacial score (nSPS) is 16.6. The molecule has 2 amide bonds. The van der Waals surface area contributed by atoms with Crippen LogP contribution < -0.4 is 15.3 Å². The summed E-state index contributed by atoms with van der Waals surface area (Å²) in [6.45, 7) is 1.29. The number of nitrogens with one attached hydrogen (secondary N) is 1. The van der Waals surface area contributed by atoms with Gasteiger partial charge >= 0.3 is 6.18 Å². The summed E-state index contributed by atoms with van der Waals surface area (Å²) >= 11 is 5.53. The van der Waals surface area contributed by atoms with Gasteiger partial charge in [-0.05, 0) is 25.1 Å². The fourth-order valence-corrected chi connectivity index (χ4v) is 2.99. The van der Waals surface area contributed by atoms with Crippen LogP contribution in [0.25, 0.3) is 0 Å². The molecule has 1 aliphatic rings. The number of carbonyl (C=O) groups excluding carboxylic acids is 2. The van der Waals surface area contributed by atoms with E-state index < -0.39 is 58.8 Å². The summed E-state index contributed by atoms with van der Waals surface area (Å²) < 4.78 is 66.9. The van der Waals surface area contributed by atoms with E-state index in [4.69, 9.17) is 11.6 Å². The van der Waals surface area contributed by atoms with Crippen LogP contribution in [0.1, 0.15) is 17.8 Å². The fraction of sp³-hybridized carbons (Fsp3) is 0.294. The monoisotopic (exact) mass is 449 g/mol. The van der Waals surface area contributed by atoms with E-state index in [1.54, 1.807) is 0 Å². The largest absolute Gasteiger partial charge is 0.433 e. The van der Waals surface area contributed by atoms with Gasteiger partial charge in [0.25, 0.3) is 5.91 Å². The van der Waals surface area contributed by atoms with E-state index in [0.29, 0.717) is 6.07 Å². The van der Waals surface area contributed by atoms with Crippen molar-refractivity contribution in [3.8, 4) is 0 Å². The summed E-state index contributed by atoms with van der Waals surface area (Å²) in [4.78, 5) is 32.8. The van der Waals surface area contributed by atoms with Gasteiger partial charge in [0, 0.05) is 12.7 Å². The van der Waals surface area contributed by atoms with Gasteiger partial charge in [-0.3, -0.25) is 15.0 Å². The maximum Gasteiger partial charge on any atom is 0.433 e. The van der Waals surface area contributed by atoms with Gasteiger partial charge in [0.15, 0.2) is 5.82 Å². The Labute approximate surface area is 171 Å². The third-order valence-corrected chi connectivity index (χ3v) is 4.62. The van der Waals surface area contributed by atoms with E-state index in [2.05, 4.69) is 15.4 Å². The minimum atomic E-state index is -4.78. The van der Waals surface area contributed by atoms with Crippen molar-refractivity contribution in [3.05, 3.63) is 46.2 Å². The van der Waals surface area contributed by atoms with Crippen molar-refractivity contribution in [2.75, 3.05) is 17.0 Å². The van der Waals surface area contributed by atoms with Crippen LogP contribution in [-0.2, 0) is 15.8 Å². The van der Waals surface area contributed by atoms with Gasteiger partial charge in [-0.25, -0.2) is 23.8 Å². The SMILES string of the molecule is Cc1cc(C(F)(F)F)nc(N2NC(=O)CC2C(=O)N(C)c2ccc(F)c(Cl)c2F)n1. The number of hydrogen-bond acceptors (Lipinski definition) is 5. The minimum Gasteiger partial charge on any atom is -0.311 e. The van der Waals surface area contributed by atoms with Crippen LogP contribution in [0.5, 0.6) is 0 Å². The first kappa shape index (κ1) is 21.7. The molecule has 13 heteroatoms. The zero-order valence-electron chi connectivity index (χ0n) is 15.4. The second kappa shape index (κ2) is 7.67. The highest BCUT2D eigenvalue weighted by atomic mass is 35.5. The smallest absolute Gasteiger partial charge is 0.311 e. The lowest BCUT2D eigenvalue weighted by Gasteiger charge is -2.27. The van der Waals surface area contributed by atoms with Crippen LogP contribution in [0.4, 0.5) is 33.6 Å². The summed E-state index contributed by atoms with van der Waals surface area (Å²) in [5.74, 6) is -4.36. The summed E-state index contributed by atoms with van der Waals surface area (Å²) in [6, 6.07) is 1.14. The number of amides is 2. The van der Waals surface area contributed by atoms with E-state index in [1.807, 2.05) is 0 Å². The first-order valence-electron chi connectivity index (χ1n) is 8.32. The van der Waals surface area contributed by atoms with Crippen molar-refractivity contribution in [2.24, 2.45) is 0 Å². The van der Waals surface area contributed by atoms with Gasteiger partial charge in [0.2, 0.25) is 11.9 Å². The number of aromatic nitrogens is 2. The fourth-order valence-electron chi connectivity index (χ4n) is 2.83. The van der Waals surface area contributed by atoms with Gasteiger partial charge in [-0.1, -0.05) is 11.6 Å². The number of nitrogens with zero attached hydrogens (tertiary/aromatic N) is 4. The molecule has 30 heavy (non-hydrogen) atoms. The molecule has 160 valence electrons. The topological polar surface area (TPSA) is 78.4 Å². The predicted octanol–water partition coefficient (Wildman–Crippen LogP) is 3.01. The molecule has 1 aromatic carbocycles. The average molecular weight is 450 g/mol. The molecular formula is C17H13ClF5N5O2. The van der Waals surface area contributed by atoms with Crippen molar-refractivity contribution in [1.82, 2.24) is 15.4 Å². The molecule has 1 N–H and O–H groups in total. The highest BCUT2D eigenvalue weighted by molar-refractivity contribution is 6.31. The molecular weight excluding hydrogens is 437 g/mol. The quantitative estimate of drug-likeness (QED) is 0.576. The third kappa shape index (κ3) is 3.99. The molecule has 1 unspecified atom stereocenters. The molecule has 1 atom stereocenters. The van der Waals surface area contributed by atoms with E-state index >= 15 is 0 Å². The Hall–Kier alpha value is -3.02. The number of rotatable bonds is 3. The van der Waals surface area contributed by atoms with Crippen LogP contribution in [0.3, 0.4) is 0 Å². The average Bonchev–Trinajstić information content (AvgIpc) is 3.06. The van der Waals surface area contributed by atoms with Gasteiger partial charge in [-0.2, -0.15) is 13.2 Å². The zero-order chi connectivity index (χ0) is 22.4. The molecule has 3 rings (SSSR count). The van der Waals surface area contributed by atoms with E-state index in [-0.39, 0.29) is 11.4 Å². The number of hydrogen-bond donors (Lipinski definition) is 1.